The molecule has 198 valence electrons. The summed E-state index contributed by atoms with van der Waals surface area (Å²) in [5.74, 6) is -0.327. The summed E-state index contributed by atoms with van der Waals surface area (Å²) in [7, 11) is -3.92. The first-order valence-electron chi connectivity index (χ1n) is 12.3. The van der Waals surface area contributed by atoms with Gasteiger partial charge in [-0.05, 0) is 66.1 Å². The van der Waals surface area contributed by atoms with Gasteiger partial charge in [-0.15, -0.1) is 0 Å². The van der Waals surface area contributed by atoms with Crippen LogP contribution in [0.5, 0.6) is 0 Å². The van der Waals surface area contributed by atoms with Crippen LogP contribution in [0.25, 0.3) is 0 Å². The van der Waals surface area contributed by atoms with Crippen LogP contribution in [0.4, 0.5) is 0 Å². The van der Waals surface area contributed by atoms with E-state index in [-0.39, 0.29) is 30.5 Å². The average molecular weight is 541 g/mol. The van der Waals surface area contributed by atoms with Crippen LogP contribution in [0, 0.1) is 11.3 Å². The Morgan fingerprint density at radius 1 is 0.897 bits per heavy atom. The Bertz CT molecular complexity index is 1520. The molecule has 39 heavy (non-hydrogen) atoms. The smallest absolute Gasteiger partial charge is 0.251 e. The molecule has 0 fully saturated rings. The normalized spacial score (nSPS) is 12.0. The van der Waals surface area contributed by atoms with E-state index < -0.39 is 16.1 Å². The average Bonchev–Trinajstić information content (AvgIpc) is 2.98. The molecule has 8 nitrogen and oxygen atoms in total. The molecule has 0 aliphatic carbocycles. The number of aliphatic hydroxyl groups is 1. The molecule has 4 rings (SSSR count). The van der Waals surface area contributed by atoms with Crippen LogP contribution in [0.3, 0.4) is 0 Å². The standard InChI is InChI=1S/C30H28N4O4S/c31-19-24-11-15-29(16-12-24)39(37,38)34(21-27-8-4-5-17-32-27)20-25-9-13-26(14-10-25)30(36)33-28(22-35)18-23-6-2-1-3-7-23/h1-17,28,35H,18,20-22H2,(H,33,36)/t28-/m0/s1. The molecule has 1 heterocycles. The highest BCUT2D eigenvalue weighted by atomic mass is 32.2. The number of amides is 1. The molecule has 2 N–H and O–H groups in total. The van der Waals surface area contributed by atoms with E-state index >= 15 is 0 Å². The second-order valence-electron chi connectivity index (χ2n) is 8.97. The van der Waals surface area contributed by atoms with Crippen LogP contribution in [0.15, 0.2) is 108 Å². The fourth-order valence-corrected chi connectivity index (χ4v) is 5.44. The largest absolute Gasteiger partial charge is 0.394 e. The van der Waals surface area contributed by atoms with Crippen LogP contribution in [-0.4, -0.2) is 41.4 Å². The van der Waals surface area contributed by atoms with E-state index in [0.717, 1.165) is 5.56 Å². The maximum absolute atomic E-state index is 13.5. The summed E-state index contributed by atoms with van der Waals surface area (Å²) in [4.78, 5) is 17.2. The number of carbonyl (C=O) groups is 1. The Morgan fingerprint density at radius 2 is 1.59 bits per heavy atom. The van der Waals surface area contributed by atoms with Gasteiger partial charge in [-0.3, -0.25) is 9.78 Å². The minimum atomic E-state index is -3.92. The molecule has 0 saturated heterocycles. The van der Waals surface area contributed by atoms with Crippen molar-refractivity contribution >= 4 is 15.9 Å². The summed E-state index contributed by atoms with van der Waals surface area (Å²) in [6.45, 7) is -0.106. The number of pyridine rings is 1. The molecule has 4 aromatic rings. The Kier molecular flexibility index (Phi) is 9.18. The summed E-state index contributed by atoms with van der Waals surface area (Å²) in [5, 5.41) is 21.7. The van der Waals surface area contributed by atoms with Crippen molar-refractivity contribution in [1.82, 2.24) is 14.6 Å². The predicted molar refractivity (Wildman–Crippen MR) is 147 cm³/mol. The van der Waals surface area contributed by atoms with Crippen molar-refractivity contribution in [3.05, 3.63) is 131 Å². The first-order chi connectivity index (χ1) is 18.9. The number of aromatic nitrogens is 1. The fraction of sp³-hybridized carbons (Fsp3) is 0.167. The summed E-state index contributed by atoms with van der Waals surface area (Å²) in [6, 6.07) is 28.9. The second kappa shape index (κ2) is 12.9. The number of rotatable bonds is 11. The zero-order valence-electron chi connectivity index (χ0n) is 21.1. The van der Waals surface area contributed by atoms with E-state index in [1.54, 1.807) is 48.7 Å². The number of carbonyl (C=O) groups excluding carboxylic acids is 1. The maximum atomic E-state index is 13.5. The van der Waals surface area contributed by atoms with Crippen LogP contribution in [-0.2, 0) is 29.5 Å². The van der Waals surface area contributed by atoms with Crippen LogP contribution >= 0.6 is 0 Å². The molecule has 0 aliphatic heterocycles. The lowest BCUT2D eigenvalue weighted by atomic mass is 10.1. The summed E-state index contributed by atoms with van der Waals surface area (Å²) >= 11 is 0. The number of aliphatic hydroxyl groups excluding tert-OH is 1. The van der Waals surface area contributed by atoms with Gasteiger partial charge in [0.15, 0.2) is 0 Å². The van der Waals surface area contributed by atoms with Gasteiger partial charge < -0.3 is 10.4 Å². The summed E-state index contributed by atoms with van der Waals surface area (Å²) in [6.07, 6.45) is 2.10. The van der Waals surface area contributed by atoms with Gasteiger partial charge >= 0.3 is 0 Å². The molecular weight excluding hydrogens is 512 g/mol. The van der Waals surface area contributed by atoms with Gasteiger partial charge in [0.1, 0.15) is 0 Å². The molecular formula is C30H28N4O4S. The van der Waals surface area contributed by atoms with Gasteiger partial charge in [-0.25, -0.2) is 8.42 Å². The number of benzene rings is 3. The highest BCUT2D eigenvalue weighted by molar-refractivity contribution is 7.89. The number of nitriles is 1. The van der Waals surface area contributed by atoms with Gasteiger partial charge in [0.25, 0.3) is 5.91 Å². The summed E-state index contributed by atoms with van der Waals surface area (Å²) in [5.41, 5.74) is 3.04. The van der Waals surface area contributed by atoms with Crippen LogP contribution in [0.2, 0.25) is 0 Å². The Labute approximate surface area is 228 Å². The van der Waals surface area contributed by atoms with Crippen molar-refractivity contribution in [2.24, 2.45) is 0 Å². The Morgan fingerprint density at radius 3 is 2.21 bits per heavy atom. The highest BCUT2D eigenvalue weighted by Gasteiger charge is 2.25. The molecule has 1 amide bonds. The Hall–Kier alpha value is -4.36. The minimum Gasteiger partial charge on any atom is -0.394 e. The quantitative estimate of drug-likeness (QED) is 0.299. The van der Waals surface area contributed by atoms with E-state index in [1.165, 1.54) is 28.6 Å². The molecule has 0 unspecified atom stereocenters. The van der Waals surface area contributed by atoms with E-state index in [2.05, 4.69) is 10.3 Å². The number of hydrogen-bond donors (Lipinski definition) is 2. The monoisotopic (exact) mass is 540 g/mol. The number of nitrogens with zero attached hydrogens (tertiary/aromatic N) is 3. The molecule has 0 aliphatic rings. The van der Waals surface area contributed by atoms with Gasteiger partial charge in [0, 0.05) is 18.3 Å². The predicted octanol–water partition coefficient (Wildman–Crippen LogP) is 3.68. The maximum Gasteiger partial charge on any atom is 0.251 e. The highest BCUT2D eigenvalue weighted by Crippen LogP contribution is 2.21. The lowest BCUT2D eigenvalue weighted by molar-refractivity contribution is 0.0916. The second-order valence-corrected chi connectivity index (χ2v) is 10.9. The van der Waals surface area contributed by atoms with Gasteiger partial charge in [-0.2, -0.15) is 9.57 Å². The first-order valence-corrected chi connectivity index (χ1v) is 13.8. The van der Waals surface area contributed by atoms with Crippen molar-refractivity contribution in [2.45, 2.75) is 30.4 Å². The molecule has 1 aromatic heterocycles. The number of hydrogen-bond acceptors (Lipinski definition) is 6. The first kappa shape index (κ1) is 27.7. The van der Waals surface area contributed by atoms with Crippen molar-refractivity contribution < 1.29 is 18.3 Å². The minimum absolute atomic E-state index is 0.0447. The van der Waals surface area contributed by atoms with Crippen LogP contribution in [0.1, 0.15) is 32.7 Å². The molecule has 0 bridgehead atoms. The zero-order valence-corrected chi connectivity index (χ0v) is 22.0. The summed E-state index contributed by atoms with van der Waals surface area (Å²) < 4.78 is 28.4. The van der Waals surface area contributed by atoms with Crippen LogP contribution < -0.4 is 5.32 Å². The zero-order chi connectivity index (χ0) is 27.7. The third kappa shape index (κ3) is 7.36. The SMILES string of the molecule is N#Cc1ccc(S(=O)(=O)N(Cc2ccc(C(=O)N[C@H](CO)Cc3ccccc3)cc2)Cc2ccccn2)cc1. The van der Waals surface area contributed by atoms with E-state index in [1.807, 2.05) is 36.4 Å². The van der Waals surface area contributed by atoms with Gasteiger partial charge in [0.2, 0.25) is 10.0 Å². The number of nitrogens with one attached hydrogen (secondary N) is 1. The fourth-order valence-electron chi connectivity index (χ4n) is 4.04. The van der Waals surface area contributed by atoms with Crippen molar-refractivity contribution in [1.29, 1.82) is 5.26 Å². The van der Waals surface area contributed by atoms with E-state index in [9.17, 15) is 18.3 Å². The van der Waals surface area contributed by atoms with Crippen molar-refractivity contribution in [3.8, 4) is 6.07 Å². The topological polar surface area (TPSA) is 123 Å². The van der Waals surface area contributed by atoms with E-state index in [0.29, 0.717) is 28.8 Å². The van der Waals surface area contributed by atoms with Gasteiger partial charge in [0.05, 0.1) is 41.4 Å². The molecule has 0 radical (unpaired) electrons. The molecule has 9 heteroatoms. The molecule has 1 atom stereocenters. The third-order valence-electron chi connectivity index (χ3n) is 6.14. The molecule has 3 aromatic carbocycles. The van der Waals surface area contributed by atoms with Gasteiger partial charge in [-0.1, -0.05) is 48.5 Å². The lowest BCUT2D eigenvalue weighted by Crippen LogP contribution is -2.39. The Balaban J connectivity index is 1.50. The molecule has 0 spiro atoms. The van der Waals surface area contributed by atoms with Crippen molar-refractivity contribution in [2.75, 3.05) is 6.61 Å². The lowest BCUT2D eigenvalue weighted by Gasteiger charge is -2.22. The van der Waals surface area contributed by atoms with E-state index in [4.69, 9.17) is 5.26 Å². The van der Waals surface area contributed by atoms with Crippen molar-refractivity contribution in [3.63, 3.8) is 0 Å². The number of sulfonamides is 1. The molecule has 0 saturated carbocycles. The third-order valence-corrected chi connectivity index (χ3v) is 7.95.